The van der Waals surface area contributed by atoms with Gasteiger partial charge in [-0.25, -0.2) is 8.42 Å². The van der Waals surface area contributed by atoms with Gasteiger partial charge in [-0.3, -0.25) is 0 Å². The largest absolute Gasteiger partial charge is 0.226 e. The van der Waals surface area contributed by atoms with Crippen molar-refractivity contribution in [3.63, 3.8) is 0 Å². The predicted molar refractivity (Wildman–Crippen MR) is 87.4 cm³/mol. The maximum Gasteiger partial charge on any atom is 0.179 e. The fourth-order valence-electron chi connectivity index (χ4n) is 3.23. The molecule has 2 rings (SSSR count). The molecule has 0 aromatic heterocycles. The highest BCUT2D eigenvalue weighted by atomic mass is 32.3. The summed E-state index contributed by atoms with van der Waals surface area (Å²) >= 11 is 3.35. The first-order valence-corrected chi connectivity index (χ1v) is 10.8. The van der Waals surface area contributed by atoms with Crippen LogP contribution in [0.3, 0.4) is 0 Å². The fourth-order valence-corrected chi connectivity index (χ4v) is 10.6. The van der Waals surface area contributed by atoms with Gasteiger partial charge in [-0.15, -0.1) is 23.5 Å². The Morgan fingerprint density at radius 1 is 0.947 bits per heavy atom. The average Bonchev–Trinajstić information content (AvgIpc) is 2.95. The summed E-state index contributed by atoms with van der Waals surface area (Å²) in [6.07, 6.45) is 3.87. The van der Waals surface area contributed by atoms with Crippen LogP contribution < -0.4 is 0 Å². The summed E-state index contributed by atoms with van der Waals surface area (Å²) in [5.41, 5.74) is 0. The molecule has 2 aliphatic rings. The van der Waals surface area contributed by atoms with Gasteiger partial charge in [0.15, 0.2) is 9.84 Å². The molecular formula is C14H26O2S3. The third kappa shape index (κ3) is 2.59. The van der Waals surface area contributed by atoms with E-state index in [4.69, 9.17) is 0 Å². The Bertz CT molecular complexity index is 400. The van der Waals surface area contributed by atoms with Crippen LogP contribution in [0.2, 0.25) is 0 Å². The number of hydrogen-bond donors (Lipinski definition) is 0. The summed E-state index contributed by atoms with van der Waals surface area (Å²) in [7, 11) is -3.10. The lowest BCUT2D eigenvalue weighted by Crippen LogP contribution is -2.43. The van der Waals surface area contributed by atoms with Gasteiger partial charge in [0.25, 0.3) is 0 Å². The molecule has 2 fully saturated rings. The van der Waals surface area contributed by atoms with E-state index in [1.807, 2.05) is 13.8 Å². The highest BCUT2D eigenvalue weighted by Gasteiger charge is 2.57. The lowest BCUT2D eigenvalue weighted by Gasteiger charge is -2.34. The molecule has 0 aromatic rings. The van der Waals surface area contributed by atoms with Crippen LogP contribution in [0.25, 0.3) is 0 Å². The Labute approximate surface area is 126 Å². The zero-order chi connectivity index (χ0) is 14.3. The molecule has 2 heterocycles. The van der Waals surface area contributed by atoms with Crippen molar-refractivity contribution in [1.82, 2.24) is 0 Å². The van der Waals surface area contributed by atoms with E-state index in [0.29, 0.717) is 11.8 Å². The Hall–Kier alpha value is 0.650. The first kappa shape index (κ1) is 16.0. The van der Waals surface area contributed by atoms with Crippen molar-refractivity contribution in [2.24, 2.45) is 11.8 Å². The van der Waals surface area contributed by atoms with Crippen LogP contribution in [0.5, 0.6) is 0 Å². The molecule has 2 aliphatic heterocycles. The molecule has 0 aromatic carbocycles. The van der Waals surface area contributed by atoms with Crippen LogP contribution in [0.1, 0.15) is 53.4 Å². The molecule has 0 bridgehead atoms. The molecule has 0 amide bonds. The lowest BCUT2D eigenvalue weighted by molar-refractivity contribution is 0.481. The van der Waals surface area contributed by atoms with E-state index in [1.165, 1.54) is 0 Å². The summed E-state index contributed by atoms with van der Waals surface area (Å²) in [5.74, 6) is 3.15. The minimum absolute atomic E-state index is 0.557. The van der Waals surface area contributed by atoms with Crippen LogP contribution in [0.15, 0.2) is 0 Å². The molecular weight excluding hydrogens is 296 g/mol. The van der Waals surface area contributed by atoms with E-state index >= 15 is 0 Å². The van der Waals surface area contributed by atoms with Crippen LogP contribution in [0.4, 0.5) is 0 Å². The minimum Gasteiger partial charge on any atom is -0.226 e. The summed E-state index contributed by atoms with van der Waals surface area (Å²) in [5, 5.41) is 0. The molecule has 5 heteroatoms. The predicted octanol–water partition coefficient (Wildman–Crippen LogP) is 4.16. The van der Waals surface area contributed by atoms with Crippen molar-refractivity contribution < 1.29 is 8.42 Å². The first-order chi connectivity index (χ1) is 8.78. The monoisotopic (exact) mass is 322 g/mol. The van der Waals surface area contributed by atoms with E-state index < -0.39 is 18.0 Å². The van der Waals surface area contributed by atoms with Crippen LogP contribution >= 0.6 is 23.5 Å². The summed E-state index contributed by atoms with van der Waals surface area (Å²) in [4.78, 5) is 0. The average molecular weight is 323 g/mol. The Morgan fingerprint density at radius 3 is 1.58 bits per heavy atom. The van der Waals surface area contributed by atoms with E-state index in [1.54, 1.807) is 23.5 Å². The zero-order valence-electron chi connectivity index (χ0n) is 12.4. The molecule has 19 heavy (non-hydrogen) atoms. The molecule has 2 saturated heterocycles. The maximum atomic E-state index is 13.2. The van der Waals surface area contributed by atoms with Crippen molar-refractivity contribution in [2.75, 3.05) is 11.5 Å². The number of hydrogen-bond acceptors (Lipinski definition) is 4. The minimum atomic E-state index is -3.10. The molecule has 0 N–H and O–H groups in total. The van der Waals surface area contributed by atoms with Gasteiger partial charge in [0.1, 0.15) is 8.16 Å². The molecule has 0 radical (unpaired) electrons. The quantitative estimate of drug-likeness (QED) is 0.778. The molecule has 112 valence electrons. The van der Waals surface area contributed by atoms with E-state index in [9.17, 15) is 8.42 Å². The fraction of sp³-hybridized carbons (Fsp3) is 1.00. The third-order valence-corrected chi connectivity index (χ3v) is 12.3. The second-order valence-corrected chi connectivity index (χ2v) is 12.7. The SMILES string of the molecule is CCC1CSC(C)(S(=O)(=O)C2(C)CC(CC)CS2)C1. The second kappa shape index (κ2) is 5.45. The second-order valence-electron chi connectivity index (χ2n) is 6.35. The molecule has 2 nitrogen and oxygen atoms in total. The van der Waals surface area contributed by atoms with E-state index in [0.717, 1.165) is 37.2 Å². The van der Waals surface area contributed by atoms with Gasteiger partial charge < -0.3 is 0 Å². The highest BCUT2D eigenvalue weighted by Crippen LogP contribution is 2.56. The normalized spacial score (nSPS) is 43.8. The van der Waals surface area contributed by atoms with Gasteiger partial charge in [-0.2, -0.15) is 0 Å². The van der Waals surface area contributed by atoms with Crippen molar-refractivity contribution in [3.05, 3.63) is 0 Å². The van der Waals surface area contributed by atoms with Gasteiger partial charge in [0.05, 0.1) is 0 Å². The van der Waals surface area contributed by atoms with Gasteiger partial charge >= 0.3 is 0 Å². The number of thioether (sulfide) groups is 2. The summed E-state index contributed by atoms with van der Waals surface area (Å²) in [6, 6.07) is 0. The lowest BCUT2D eigenvalue weighted by atomic mass is 10.0. The number of rotatable bonds is 4. The molecule has 4 atom stereocenters. The summed E-state index contributed by atoms with van der Waals surface area (Å²) < 4.78 is 25.2. The van der Waals surface area contributed by atoms with E-state index in [2.05, 4.69) is 13.8 Å². The van der Waals surface area contributed by atoms with Gasteiger partial charge in [-0.1, -0.05) is 26.7 Å². The van der Waals surface area contributed by atoms with Crippen LogP contribution in [-0.4, -0.2) is 28.1 Å². The van der Waals surface area contributed by atoms with Crippen molar-refractivity contribution >= 4 is 33.4 Å². The van der Waals surface area contributed by atoms with E-state index in [-0.39, 0.29) is 0 Å². The van der Waals surface area contributed by atoms with Gasteiger partial charge in [0, 0.05) is 0 Å². The van der Waals surface area contributed by atoms with Crippen LogP contribution in [-0.2, 0) is 9.84 Å². The molecule has 4 unspecified atom stereocenters. The van der Waals surface area contributed by atoms with Gasteiger partial charge in [0.2, 0.25) is 0 Å². The Morgan fingerprint density at radius 2 is 1.32 bits per heavy atom. The zero-order valence-corrected chi connectivity index (χ0v) is 14.9. The standard InChI is InChI=1S/C14H26O2S3/c1-5-11-7-13(3,17-9-11)19(15,16)14(4)8-12(6-2)10-18-14/h11-12H,5-10H2,1-4H3. The molecule has 0 spiro atoms. The Balaban J connectivity index is 2.23. The third-order valence-electron chi connectivity index (χ3n) is 4.86. The first-order valence-electron chi connectivity index (χ1n) is 7.30. The van der Waals surface area contributed by atoms with Crippen molar-refractivity contribution in [1.29, 1.82) is 0 Å². The summed E-state index contributed by atoms with van der Waals surface area (Å²) in [6.45, 7) is 8.27. The smallest absolute Gasteiger partial charge is 0.179 e. The maximum absolute atomic E-state index is 13.2. The van der Waals surface area contributed by atoms with Crippen molar-refractivity contribution in [2.45, 2.75) is 61.5 Å². The number of sulfone groups is 1. The Kier molecular flexibility index (Phi) is 4.60. The molecule has 0 aliphatic carbocycles. The van der Waals surface area contributed by atoms with Crippen LogP contribution in [0, 0.1) is 11.8 Å². The topological polar surface area (TPSA) is 34.1 Å². The molecule has 0 saturated carbocycles. The van der Waals surface area contributed by atoms with Gasteiger partial charge in [-0.05, 0) is 50.0 Å². The van der Waals surface area contributed by atoms with Crippen molar-refractivity contribution in [3.8, 4) is 0 Å². The highest BCUT2D eigenvalue weighted by molar-refractivity contribution is 8.22.